The molecule has 0 aliphatic carbocycles. The number of carboxylic acids is 1. The van der Waals surface area contributed by atoms with Crippen molar-refractivity contribution in [3.05, 3.63) is 58.6 Å². The van der Waals surface area contributed by atoms with Crippen molar-refractivity contribution < 1.29 is 32.7 Å². The molecule has 2 aromatic carbocycles. The molecule has 0 heterocycles. The van der Waals surface area contributed by atoms with Crippen molar-refractivity contribution in [3.63, 3.8) is 0 Å². The second-order valence-electron chi connectivity index (χ2n) is 5.69. The second-order valence-corrected chi connectivity index (χ2v) is 6.10. The number of carbonyl (C=O) groups excluding carboxylic acids is 2. The van der Waals surface area contributed by atoms with Gasteiger partial charge in [0.05, 0.1) is 16.3 Å². The first kappa shape index (κ1) is 21.2. The first-order valence-corrected chi connectivity index (χ1v) is 8.24. The largest absolute Gasteiger partial charge is 0.481 e. The van der Waals surface area contributed by atoms with Crippen LogP contribution in [0, 0.1) is 0 Å². The van der Waals surface area contributed by atoms with E-state index in [0.29, 0.717) is 12.5 Å². The molecule has 28 heavy (non-hydrogen) atoms. The summed E-state index contributed by atoms with van der Waals surface area (Å²) < 4.78 is 37.8. The number of alkyl halides is 3. The third kappa shape index (κ3) is 5.98. The van der Waals surface area contributed by atoms with Crippen LogP contribution in [0.25, 0.3) is 0 Å². The maximum Gasteiger partial charge on any atom is 0.416 e. The summed E-state index contributed by atoms with van der Waals surface area (Å²) in [6.07, 6.45) is -4.31. The molecule has 0 saturated heterocycles. The first-order chi connectivity index (χ1) is 13.1. The number of aliphatic carboxylic acids is 1. The molecule has 0 bridgehead atoms. The number of carbonyl (C=O) groups is 3. The van der Waals surface area contributed by atoms with Gasteiger partial charge in [-0.15, -0.1) is 0 Å². The molecule has 148 valence electrons. The van der Waals surface area contributed by atoms with Crippen molar-refractivity contribution in [1.29, 1.82) is 0 Å². The zero-order valence-corrected chi connectivity index (χ0v) is 14.9. The molecule has 6 nitrogen and oxygen atoms in total. The maximum atomic E-state index is 12.6. The van der Waals surface area contributed by atoms with Crippen LogP contribution in [0.5, 0.6) is 0 Å². The molecule has 3 N–H and O–H groups in total. The Hall–Kier alpha value is -3.07. The van der Waals surface area contributed by atoms with Gasteiger partial charge in [0, 0.05) is 12.1 Å². The van der Waals surface area contributed by atoms with Gasteiger partial charge in [0.2, 0.25) is 0 Å². The van der Waals surface area contributed by atoms with Gasteiger partial charge in [-0.1, -0.05) is 23.7 Å². The van der Waals surface area contributed by atoms with E-state index in [4.69, 9.17) is 16.7 Å². The zero-order valence-electron chi connectivity index (χ0n) is 14.1. The number of rotatable bonds is 5. The van der Waals surface area contributed by atoms with Crippen LogP contribution in [0.15, 0.2) is 42.5 Å². The van der Waals surface area contributed by atoms with E-state index in [1.807, 2.05) is 0 Å². The summed E-state index contributed by atoms with van der Waals surface area (Å²) in [4.78, 5) is 34.4. The van der Waals surface area contributed by atoms with E-state index in [1.54, 1.807) is 12.1 Å². The van der Waals surface area contributed by atoms with Gasteiger partial charge in [-0.3, -0.25) is 14.4 Å². The number of hydrogen-bond donors (Lipinski definition) is 3. The molecule has 0 unspecified atom stereocenters. The summed E-state index contributed by atoms with van der Waals surface area (Å²) in [5, 5.41) is 12.7. The monoisotopic (exact) mass is 414 g/mol. The molecular weight excluding hydrogens is 401 g/mol. The minimum atomic E-state index is -4.58. The second kappa shape index (κ2) is 8.75. The van der Waals surface area contributed by atoms with Gasteiger partial charge in [0.1, 0.15) is 0 Å². The third-order valence-electron chi connectivity index (χ3n) is 3.59. The number of benzene rings is 2. The predicted molar refractivity (Wildman–Crippen MR) is 96.1 cm³/mol. The zero-order chi connectivity index (χ0) is 20.9. The van der Waals surface area contributed by atoms with Gasteiger partial charge in [-0.2, -0.15) is 13.2 Å². The quantitative estimate of drug-likeness (QED) is 0.645. The SMILES string of the molecule is O=C(O)CCc1ccc(NC(=O)C(=O)Nc2ccc(C(F)(F)F)cc2Cl)cc1. The van der Waals surface area contributed by atoms with Crippen molar-refractivity contribution >= 4 is 40.8 Å². The topological polar surface area (TPSA) is 95.5 Å². The minimum Gasteiger partial charge on any atom is -0.481 e. The average molecular weight is 415 g/mol. The number of hydrogen-bond acceptors (Lipinski definition) is 3. The molecule has 0 radical (unpaired) electrons. The molecule has 0 aromatic heterocycles. The van der Waals surface area contributed by atoms with Crippen LogP contribution >= 0.6 is 11.6 Å². The van der Waals surface area contributed by atoms with E-state index >= 15 is 0 Å². The van der Waals surface area contributed by atoms with Crippen LogP contribution < -0.4 is 10.6 Å². The summed E-state index contributed by atoms with van der Waals surface area (Å²) in [6, 6.07) is 8.51. The minimum absolute atomic E-state index is 0.0397. The van der Waals surface area contributed by atoms with Gasteiger partial charge in [-0.25, -0.2) is 0 Å². The van der Waals surface area contributed by atoms with Crippen LogP contribution in [-0.4, -0.2) is 22.9 Å². The molecule has 10 heteroatoms. The predicted octanol–water partition coefficient (Wildman–Crippen LogP) is 3.95. The molecule has 2 amide bonds. The standard InChI is InChI=1S/C18H14ClF3N2O4/c19-13-9-11(18(20,21)22)4-7-14(13)24-17(28)16(27)23-12-5-1-10(2-6-12)3-8-15(25)26/h1-2,4-7,9H,3,8H2,(H,23,27)(H,24,28)(H,25,26). The molecule has 0 aliphatic rings. The molecule has 0 saturated carbocycles. The molecule has 0 fully saturated rings. The lowest BCUT2D eigenvalue weighted by atomic mass is 10.1. The summed E-state index contributed by atoms with van der Waals surface area (Å²) in [5.74, 6) is -3.10. The molecule has 2 aromatic rings. The molecular formula is C18H14ClF3N2O4. The lowest BCUT2D eigenvalue weighted by molar-refractivity contribution is -0.138. The van der Waals surface area contributed by atoms with E-state index in [0.717, 1.165) is 17.7 Å². The van der Waals surface area contributed by atoms with Gasteiger partial charge in [0.25, 0.3) is 0 Å². The number of halogens is 4. The van der Waals surface area contributed by atoms with Crippen LogP contribution in [0.3, 0.4) is 0 Å². The number of amides is 2. The Morgan fingerprint density at radius 3 is 2.11 bits per heavy atom. The molecule has 0 atom stereocenters. The van der Waals surface area contributed by atoms with Gasteiger partial charge < -0.3 is 15.7 Å². The highest BCUT2D eigenvalue weighted by atomic mass is 35.5. The maximum absolute atomic E-state index is 12.6. The Labute approximate surface area is 162 Å². The Kier molecular flexibility index (Phi) is 6.63. The van der Waals surface area contributed by atoms with E-state index in [1.165, 1.54) is 12.1 Å². The fourth-order valence-corrected chi connectivity index (χ4v) is 2.39. The first-order valence-electron chi connectivity index (χ1n) is 7.86. The summed E-state index contributed by atoms with van der Waals surface area (Å²) in [6.45, 7) is 0. The number of nitrogens with one attached hydrogen (secondary N) is 2. The normalized spacial score (nSPS) is 11.0. The van der Waals surface area contributed by atoms with Gasteiger partial charge >= 0.3 is 24.0 Å². The highest BCUT2D eigenvalue weighted by molar-refractivity contribution is 6.44. The number of carboxylic acid groups (broad SMARTS) is 1. The summed E-state index contributed by atoms with van der Waals surface area (Å²) in [5.41, 5.74) is -0.0964. The smallest absolute Gasteiger partial charge is 0.416 e. The highest BCUT2D eigenvalue weighted by Crippen LogP contribution is 2.33. The Bertz CT molecular complexity index is 899. The average Bonchev–Trinajstić information content (AvgIpc) is 2.61. The fraction of sp³-hybridized carbons (Fsp3) is 0.167. The molecule has 0 aliphatic heterocycles. The highest BCUT2D eigenvalue weighted by Gasteiger charge is 2.31. The number of aryl methyl sites for hydroxylation is 1. The Morgan fingerprint density at radius 2 is 1.57 bits per heavy atom. The lowest BCUT2D eigenvalue weighted by Crippen LogP contribution is -2.29. The van der Waals surface area contributed by atoms with Gasteiger partial charge in [0.15, 0.2) is 0 Å². The van der Waals surface area contributed by atoms with E-state index in [-0.39, 0.29) is 22.8 Å². The summed E-state index contributed by atoms with van der Waals surface area (Å²) >= 11 is 5.73. The van der Waals surface area contributed by atoms with Crippen LogP contribution in [0.2, 0.25) is 5.02 Å². The van der Waals surface area contributed by atoms with E-state index < -0.39 is 29.5 Å². The summed E-state index contributed by atoms with van der Waals surface area (Å²) in [7, 11) is 0. The van der Waals surface area contributed by atoms with Crippen molar-refractivity contribution in [3.8, 4) is 0 Å². The van der Waals surface area contributed by atoms with Crippen LogP contribution in [-0.2, 0) is 27.0 Å². The van der Waals surface area contributed by atoms with Crippen molar-refractivity contribution in [1.82, 2.24) is 0 Å². The number of anilines is 2. The fourth-order valence-electron chi connectivity index (χ4n) is 2.17. The van der Waals surface area contributed by atoms with Crippen molar-refractivity contribution in [2.75, 3.05) is 10.6 Å². The van der Waals surface area contributed by atoms with Crippen LogP contribution in [0.1, 0.15) is 17.5 Å². The Morgan fingerprint density at radius 1 is 0.964 bits per heavy atom. The third-order valence-corrected chi connectivity index (χ3v) is 3.90. The van der Waals surface area contributed by atoms with Crippen molar-refractivity contribution in [2.45, 2.75) is 19.0 Å². The van der Waals surface area contributed by atoms with E-state index in [9.17, 15) is 27.6 Å². The lowest BCUT2D eigenvalue weighted by Gasteiger charge is -2.11. The molecule has 2 rings (SSSR count). The van der Waals surface area contributed by atoms with Crippen molar-refractivity contribution in [2.24, 2.45) is 0 Å². The van der Waals surface area contributed by atoms with Crippen LogP contribution in [0.4, 0.5) is 24.5 Å². The van der Waals surface area contributed by atoms with Gasteiger partial charge in [-0.05, 0) is 42.3 Å². The van der Waals surface area contributed by atoms with E-state index in [2.05, 4.69) is 10.6 Å². The molecule has 0 spiro atoms. The Balaban J connectivity index is 1.98.